The molecular formula is C32H46O7. The number of ether oxygens (including phenoxy) is 1. The van der Waals surface area contributed by atoms with Gasteiger partial charge in [-0.3, -0.25) is 14.4 Å². The Balaban J connectivity index is 1.71. The Hall–Kier alpha value is -2.25. The second kappa shape index (κ2) is 8.87. The topological polar surface area (TPSA) is 121 Å². The summed E-state index contributed by atoms with van der Waals surface area (Å²) in [5, 5.41) is 33.9. The number of esters is 1. The zero-order chi connectivity index (χ0) is 29.6. The van der Waals surface area contributed by atoms with Crippen molar-refractivity contribution in [3.05, 3.63) is 35.6 Å². The van der Waals surface area contributed by atoms with Gasteiger partial charge in [-0.1, -0.05) is 32.4 Å². The van der Waals surface area contributed by atoms with E-state index < -0.39 is 51.2 Å². The van der Waals surface area contributed by atoms with Crippen molar-refractivity contribution in [1.29, 1.82) is 0 Å². The molecule has 0 radical (unpaired) electrons. The van der Waals surface area contributed by atoms with Crippen LogP contribution in [0, 0.1) is 39.4 Å². The Morgan fingerprint density at radius 3 is 2.28 bits per heavy atom. The van der Waals surface area contributed by atoms with Crippen molar-refractivity contribution < 1.29 is 34.4 Å². The van der Waals surface area contributed by atoms with E-state index in [1.54, 1.807) is 19.9 Å². The molecule has 216 valence electrons. The molecule has 0 heterocycles. The van der Waals surface area contributed by atoms with Crippen LogP contribution in [0.3, 0.4) is 0 Å². The van der Waals surface area contributed by atoms with Crippen molar-refractivity contribution in [3.63, 3.8) is 0 Å². The SMILES string of the molecule is CC(=O)OC(C)(C)/C=C/C(=O)[C@](C)(O)[C@H]1[C@H](O)C[C@@]2(C)[C@@H]3CC=C4[C@@H](C=C(O)C(=O)C4(C)C)[C@]3(C)CC[C@]12C. The molecule has 0 unspecified atom stereocenters. The van der Waals surface area contributed by atoms with Crippen LogP contribution in [-0.2, 0) is 19.1 Å². The zero-order valence-corrected chi connectivity index (χ0v) is 24.9. The molecule has 8 atom stereocenters. The summed E-state index contributed by atoms with van der Waals surface area (Å²) in [5.41, 5.74) is -3.80. The van der Waals surface area contributed by atoms with Gasteiger partial charge in [0.1, 0.15) is 11.2 Å². The molecule has 7 heteroatoms. The highest BCUT2D eigenvalue weighted by atomic mass is 16.6. The van der Waals surface area contributed by atoms with Gasteiger partial charge in [0, 0.05) is 18.8 Å². The molecule has 2 fully saturated rings. The van der Waals surface area contributed by atoms with Crippen LogP contribution in [0.1, 0.15) is 88.0 Å². The molecule has 0 aliphatic heterocycles. The Kier molecular flexibility index (Phi) is 6.76. The summed E-state index contributed by atoms with van der Waals surface area (Å²) < 4.78 is 5.25. The zero-order valence-electron chi connectivity index (χ0n) is 24.9. The molecule has 0 spiro atoms. The number of aliphatic hydroxyl groups is 3. The summed E-state index contributed by atoms with van der Waals surface area (Å²) in [6, 6.07) is 0. The Labute approximate surface area is 232 Å². The second-order valence-corrected chi connectivity index (χ2v) is 14.6. The van der Waals surface area contributed by atoms with Crippen LogP contribution in [-0.4, -0.2) is 50.2 Å². The average Bonchev–Trinajstić information content (AvgIpc) is 3.01. The molecule has 2 saturated carbocycles. The standard InChI is InChI=1S/C32H46O7/c1-18(33)39-27(2,3)13-12-24(36)32(9,38)25-22(35)17-31(8)23-11-10-19-20(16-21(34)26(37)28(19,4)5)29(23,6)14-15-30(25,31)7/h10,12-13,16,20,22-23,25,34-35,38H,11,14-15,17H2,1-9H3/b13-12+/t20-,22-,23-,25+,29+,30-,31+,32+/m1/s1. The highest BCUT2D eigenvalue weighted by Crippen LogP contribution is 2.74. The summed E-state index contributed by atoms with van der Waals surface area (Å²) in [4.78, 5) is 37.7. The highest BCUT2D eigenvalue weighted by molar-refractivity contribution is 6.01. The molecule has 4 rings (SSSR count). The van der Waals surface area contributed by atoms with Gasteiger partial charge in [-0.15, -0.1) is 0 Å². The van der Waals surface area contributed by atoms with Crippen LogP contribution >= 0.6 is 0 Å². The van der Waals surface area contributed by atoms with Gasteiger partial charge in [0.2, 0.25) is 5.78 Å². The maximum Gasteiger partial charge on any atom is 0.303 e. The van der Waals surface area contributed by atoms with Gasteiger partial charge in [-0.05, 0) is 101 Å². The van der Waals surface area contributed by atoms with Crippen LogP contribution in [0.5, 0.6) is 0 Å². The van der Waals surface area contributed by atoms with Gasteiger partial charge in [0.05, 0.1) is 11.5 Å². The molecule has 39 heavy (non-hydrogen) atoms. The van der Waals surface area contributed by atoms with Crippen LogP contribution in [0.15, 0.2) is 35.6 Å². The number of carbonyl (C=O) groups excluding carboxylic acids is 3. The maximum atomic E-state index is 13.5. The Morgan fingerprint density at radius 2 is 1.69 bits per heavy atom. The first-order valence-electron chi connectivity index (χ1n) is 14.1. The lowest BCUT2D eigenvalue weighted by Crippen LogP contribution is -2.61. The molecule has 0 bridgehead atoms. The molecule has 7 nitrogen and oxygen atoms in total. The molecule has 0 amide bonds. The number of carbonyl (C=O) groups is 3. The van der Waals surface area contributed by atoms with Gasteiger partial charge >= 0.3 is 5.97 Å². The first-order valence-corrected chi connectivity index (χ1v) is 14.1. The third-order valence-electron chi connectivity index (χ3n) is 11.4. The predicted molar refractivity (Wildman–Crippen MR) is 147 cm³/mol. The highest BCUT2D eigenvalue weighted by Gasteiger charge is 2.72. The molecule has 0 saturated heterocycles. The number of hydrogen-bond donors (Lipinski definition) is 3. The average molecular weight is 543 g/mol. The fourth-order valence-electron chi connectivity index (χ4n) is 9.21. The summed E-state index contributed by atoms with van der Waals surface area (Å²) in [6.07, 6.45) is 8.36. The third-order valence-corrected chi connectivity index (χ3v) is 11.4. The monoisotopic (exact) mass is 542 g/mol. The van der Waals surface area contributed by atoms with Crippen molar-refractivity contribution in [3.8, 4) is 0 Å². The van der Waals surface area contributed by atoms with Crippen molar-refractivity contribution in [1.82, 2.24) is 0 Å². The summed E-state index contributed by atoms with van der Waals surface area (Å²) >= 11 is 0. The number of allylic oxidation sites excluding steroid dienone is 4. The Bertz CT molecular complexity index is 1190. The molecule has 4 aliphatic carbocycles. The third kappa shape index (κ3) is 4.18. The van der Waals surface area contributed by atoms with Crippen LogP contribution < -0.4 is 0 Å². The van der Waals surface area contributed by atoms with Crippen LogP contribution in [0.25, 0.3) is 0 Å². The van der Waals surface area contributed by atoms with E-state index in [0.29, 0.717) is 12.8 Å². The molecule has 3 N–H and O–H groups in total. The summed E-state index contributed by atoms with van der Waals surface area (Å²) in [5.74, 6) is -2.13. The largest absolute Gasteiger partial charge is 0.505 e. The maximum absolute atomic E-state index is 13.5. The van der Waals surface area contributed by atoms with E-state index in [9.17, 15) is 29.7 Å². The molecule has 0 aromatic carbocycles. The minimum absolute atomic E-state index is 0.102. The van der Waals surface area contributed by atoms with Crippen molar-refractivity contribution in [2.24, 2.45) is 39.4 Å². The smallest absolute Gasteiger partial charge is 0.303 e. The summed E-state index contributed by atoms with van der Waals surface area (Å²) in [6.45, 7) is 16.4. The minimum Gasteiger partial charge on any atom is -0.505 e. The van der Waals surface area contributed by atoms with Gasteiger partial charge in [-0.2, -0.15) is 0 Å². The van der Waals surface area contributed by atoms with Gasteiger partial charge in [-0.25, -0.2) is 0 Å². The summed E-state index contributed by atoms with van der Waals surface area (Å²) in [7, 11) is 0. The molecule has 0 aromatic rings. The van der Waals surface area contributed by atoms with E-state index in [4.69, 9.17) is 4.74 Å². The van der Waals surface area contributed by atoms with Crippen molar-refractivity contribution in [2.75, 3.05) is 0 Å². The molecular weight excluding hydrogens is 496 g/mol. The van der Waals surface area contributed by atoms with Crippen LogP contribution in [0.2, 0.25) is 0 Å². The van der Waals surface area contributed by atoms with E-state index in [0.717, 1.165) is 18.4 Å². The van der Waals surface area contributed by atoms with E-state index in [-0.39, 0.29) is 28.8 Å². The number of aliphatic hydroxyl groups excluding tert-OH is 2. The number of ketones is 2. The number of hydrogen-bond acceptors (Lipinski definition) is 7. The first-order chi connectivity index (χ1) is 17.6. The van der Waals surface area contributed by atoms with E-state index >= 15 is 0 Å². The second-order valence-electron chi connectivity index (χ2n) is 14.6. The van der Waals surface area contributed by atoms with Gasteiger partial charge < -0.3 is 20.1 Å². The lowest BCUT2D eigenvalue weighted by Gasteiger charge is -2.64. The fourth-order valence-corrected chi connectivity index (χ4v) is 9.21. The lowest BCUT2D eigenvalue weighted by molar-refractivity contribution is -0.170. The molecule has 4 aliphatic rings. The normalized spacial score (nSPS) is 41.1. The number of Topliss-reactive ketones (excluding diaryl/α,β-unsaturated/α-hetero) is 1. The minimum atomic E-state index is -1.84. The lowest BCUT2D eigenvalue weighted by atomic mass is 9.39. The van der Waals surface area contributed by atoms with E-state index in [1.807, 2.05) is 13.8 Å². The van der Waals surface area contributed by atoms with E-state index in [1.165, 1.54) is 26.0 Å². The fraction of sp³-hybridized carbons (Fsp3) is 0.719. The Morgan fingerprint density at radius 1 is 1.08 bits per heavy atom. The van der Waals surface area contributed by atoms with Gasteiger partial charge in [0.25, 0.3) is 0 Å². The predicted octanol–water partition coefficient (Wildman–Crippen LogP) is 5.01. The quantitative estimate of drug-likeness (QED) is 0.254. The number of fused-ring (bicyclic) bond motifs is 5. The van der Waals surface area contributed by atoms with Gasteiger partial charge in [0.15, 0.2) is 11.5 Å². The number of rotatable bonds is 5. The van der Waals surface area contributed by atoms with Crippen molar-refractivity contribution >= 4 is 17.5 Å². The van der Waals surface area contributed by atoms with Crippen molar-refractivity contribution in [2.45, 2.75) is 105 Å². The first kappa shape index (κ1) is 29.7. The van der Waals surface area contributed by atoms with Crippen LogP contribution in [0.4, 0.5) is 0 Å². The molecule has 0 aromatic heterocycles. The van der Waals surface area contributed by atoms with E-state index in [2.05, 4.69) is 26.8 Å².